The number of aromatic nitrogens is 1. The molecule has 1 aliphatic heterocycles. The summed E-state index contributed by atoms with van der Waals surface area (Å²) in [7, 11) is 0. The van der Waals surface area contributed by atoms with Crippen LogP contribution in [-0.4, -0.2) is 45.5 Å². The number of fused-ring (bicyclic) bond motifs is 1. The molecule has 0 saturated heterocycles. The predicted molar refractivity (Wildman–Crippen MR) is 136 cm³/mol. The second-order valence-electron chi connectivity index (χ2n) is 10.6. The number of nitrogens with two attached hydrogens (primary N) is 1. The molecule has 3 aromatic rings. The number of rotatable bonds is 5. The molecule has 0 aliphatic carbocycles. The molecular weight excluding hydrogens is 497 g/mol. The van der Waals surface area contributed by atoms with Crippen LogP contribution in [0.25, 0.3) is 11.1 Å². The molecule has 1 aromatic heterocycles. The first kappa shape index (κ1) is 27.2. The summed E-state index contributed by atoms with van der Waals surface area (Å²) in [5.41, 5.74) is 6.92. The van der Waals surface area contributed by atoms with E-state index in [1.54, 1.807) is 34.2 Å². The van der Waals surface area contributed by atoms with E-state index in [4.69, 9.17) is 10.3 Å². The molecule has 38 heavy (non-hydrogen) atoms. The van der Waals surface area contributed by atoms with Crippen molar-refractivity contribution >= 4 is 11.9 Å². The van der Waals surface area contributed by atoms with E-state index in [0.29, 0.717) is 42.0 Å². The minimum atomic E-state index is -4.48. The first-order chi connectivity index (χ1) is 17.8. The number of carbonyl (C=O) groups excluding carboxylic acids is 2. The van der Waals surface area contributed by atoms with Gasteiger partial charge in [-0.3, -0.25) is 4.79 Å². The van der Waals surface area contributed by atoms with Gasteiger partial charge in [0.25, 0.3) is 0 Å². The Bertz CT molecular complexity index is 1330. The molecule has 202 valence electrons. The summed E-state index contributed by atoms with van der Waals surface area (Å²) in [6, 6.07) is 9.81. The number of nitrogens with zero attached hydrogens (tertiary/aromatic N) is 3. The van der Waals surface area contributed by atoms with Crippen LogP contribution in [0.4, 0.5) is 18.0 Å². The molecule has 7 nitrogen and oxygen atoms in total. The van der Waals surface area contributed by atoms with Crippen molar-refractivity contribution in [1.29, 1.82) is 0 Å². The normalized spacial score (nSPS) is 14.7. The van der Waals surface area contributed by atoms with Crippen LogP contribution in [0, 0.1) is 0 Å². The molecule has 0 saturated carbocycles. The van der Waals surface area contributed by atoms with Gasteiger partial charge in [-0.2, -0.15) is 13.2 Å². The SMILES string of the molecule is CC(CN(C(=O)N1CCc2c(-c3cccc(C(F)(F)F)c3)ccc(C(N)=O)c2C1)C(C)(C)C)c1ccno1. The van der Waals surface area contributed by atoms with Crippen molar-refractivity contribution in [2.24, 2.45) is 5.73 Å². The second-order valence-corrected chi connectivity index (χ2v) is 10.6. The third-order valence-electron chi connectivity index (χ3n) is 6.89. The largest absolute Gasteiger partial charge is 0.416 e. The summed E-state index contributed by atoms with van der Waals surface area (Å²) >= 11 is 0. The molecule has 1 atom stereocenters. The van der Waals surface area contributed by atoms with Gasteiger partial charge < -0.3 is 20.1 Å². The van der Waals surface area contributed by atoms with Gasteiger partial charge in [-0.05, 0) is 67.6 Å². The van der Waals surface area contributed by atoms with Crippen molar-refractivity contribution in [2.75, 3.05) is 13.1 Å². The van der Waals surface area contributed by atoms with Crippen molar-refractivity contribution in [3.05, 3.63) is 76.7 Å². The topological polar surface area (TPSA) is 92.7 Å². The number of amides is 3. The molecule has 0 spiro atoms. The third kappa shape index (κ3) is 5.54. The lowest BCUT2D eigenvalue weighted by Gasteiger charge is -2.42. The average Bonchev–Trinajstić information content (AvgIpc) is 3.40. The molecule has 2 aromatic carbocycles. The molecule has 4 rings (SSSR count). The van der Waals surface area contributed by atoms with Crippen molar-refractivity contribution in [2.45, 2.75) is 58.3 Å². The fourth-order valence-electron chi connectivity index (χ4n) is 4.86. The zero-order chi connectivity index (χ0) is 27.8. The number of hydrogen-bond acceptors (Lipinski definition) is 4. The zero-order valence-corrected chi connectivity index (χ0v) is 21.8. The quantitative estimate of drug-likeness (QED) is 0.450. The number of carbonyl (C=O) groups is 2. The molecule has 2 heterocycles. The summed E-state index contributed by atoms with van der Waals surface area (Å²) in [6.45, 7) is 8.60. The summed E-state index contributed by atoms with van der Waals surface area (Å²) in [5, 5.41) is 3.76. The van der Waals surface area contributed by atoms with E-state index in [1.165, 1.54) is 12.1 Å². The summed E-state index contributed by atoms with van der Waals surface area (Å²) < 4.78 is 45.4. The lowest BCUT2D eigenvalue weighted by molar-refractivity contribution is -0.137. The van der Waals surface area contributed by atoms with Gasteiger partial charge in [-0.25, -0.2) is 4.79 Å². The summed E-state index contributed by atoms with van der Waals surface area (Å²) in [5.74, 6) is -0.0954. The molecule has 1 aliphatic rings. The van der Waals surface area contributed by atoms with Crippen LogP contribution < -0.4 is 5.73 Å². The Labute approximate surface area is 219 Å². The highest BCUT2D eigenvalue weighted by Gasteiger charge is 2.35. The fourth-order valence-corrected chi connectivity index (χ4v) is 4.86. The number of benzene rings is 2. The molecule has 2 N–H and O–H groups in total. The van der Waals surface area contributed by atoms with Crippen LogP contribution in [-0.2, 0) is 19.1 Å². The van der Waals surface area contributed by atoms with Gasteiger partial charge in [0.2, 0.25) is 5.91 Å². The van der Waals surface area contributed by atoms with E-state index in [0.717, 1.165) is 17.7 Å². The highest BCUT2D eigenvalue weighted by Crippen LogP contribution is 2.37. The first-order valence-electron chi connectivity index (χ1n) is 12.4. The highest BCUT2D eigenvalue weighted by atomic mass is 19.4. The van der Waals surface area contributed by atoms with Crippen LogP contribution in [0.5, 0.6) is 0 Å². The van der Waals surface area contributed by atoms with E-state index in [9.17, 15) is 22.8 Å². The monoisotopic (exact) mass is 528 g/mol. The molecular formula is C28H31F3N4O3. The Kier molecular flexibility index (Phi) is 7.27. The molecule has 3 amide bonds. The molecule has 0 bridgehead atoms. The van der Waals surface area contributed by atoms with Crippen molar-refractivity contribution in [3.63, 3.8) is 0 Å². The molecule has 0 fully saturated rings. The summed E-state index contributed by atoms with van der Waals surface area (Å²) in [4.78, 5) is 29.5. The second kappa shape index (κ2) is 10.2. The maximum atomic E-state index is 13.8. The van der Waals surface area contributed by atoms with E-state index in [1.807, 2.05) is 27.7 Å². The Hall–Kier alpha value is -3.82. The number of hydrogen-bond donors (Lipinski definition) is 1. The number of urea groups is 1. The number of primary amides is 1. The van der Waals surface area contributed by atoms with Gasteiger partial charge in [0, 0.05) is 42.7 Å². The maximum Gasteiger partial charge on any atom is 0.416 e. The molecule has 1 unspecified atom stereocenters. The first-order valence-corrected chi connectivity index (χ1v) is 12.4. The Morgan fingerprint density at radius 2 is 1.87 bits per heavy atom. The van der Waals surface area contributed by atoms with Crippen LogP contribution in [0.15, 0.2) is 53.2 Å². The Balaban J connectivity index is 1.68. The Morgan fingerprint density at radius 1 is 1.13 bits per heavy atom. The van der Waals surface area contributed by atoms with E-state index in [2.05, 4.69) is 5.16 Å². The number of halogens is 3. The lowest BCUT2D eigenvalue weighted by atomic mass is 9.87. The van der Waals surface area contributed by atoms with Crippen LogP contribution in [0.2, 0.25) is 0 Å². The van der Waals surface area contributed by atoms with Gasteiger partial charge in [-0.1, -0.05) is 30.3 Å². The lowest BCUT2D eigenvalue weighted by Crippen LogP contribution is -2.54. The van der Waals surface area contributed by atoms with Crippen molar-refractivity contribution in [3.8, 4) is 11.1 Å². The molecule has 10 heteroatoms. The van der Waals surface area contributed by atoms with E-state index < -0.39 is 23.2 Å². The van der Waals surface area contributed by atoms with Crippen molar-refractivity contribution in [1.82, 2.24) is 15.0 Å². The zero-order valence-electron chi connectivity index (χ0n) is 21.8. The Morgan fingerprint density at radius 3 is 2.47 bits per heavy atom. The van der Waals surface area contributed by atoms with E-state index >= 15 is 0 Å². The maximum absolute atomic E-state index is 13.8. The van der Waals surface area contributed by atoms with Crippen LogP contribution in [0.1, 0.15) is 66.4 Å². The van der Waals surface area contributed by atoms with Crippen LogP contribution >= 0.6 is 0 Å². The van der Waals surface area contributed by atoms with E-state index in [-0.39, 0.29) is 24.1 Å². The minimum Gasteiger partial charge on any atom is -0.366 e. The highest BCUT2D eigenvalue weighted by molar-refractivity contribution is 5.96. The minimum absolute atomic E-state index is 0.105. The van der Waals surface area contributed by atoms with Gasteiger partial charge in [0.15, 0.2) is 0 Å². The van der Waals surface area contributed by atoms with Gasteiger partial charge >= 0.3 is 12.2 Å². The van der Waals surface area contributed by atoms with Crippen molar-refractivity contribution < 1.29 is 27.3 Å². The standard InChI is InChI=1S/C28H31F3N4O3/c1-17(24-10-12-33-38-24)15-35(27(2,3)4)26(37)34-13-11-21-20(8-9-22(25(32)36)23(21)16-34)18-6-5-7-19(14-18)28(29,30)31/h5-10,12,14,17H,11,13,15-16H2,1-4H3,(H2,32,36). The number of alkyl halides is 3. The van der Waals surface area contributed by atoms with Crippen LogP contribution in [0.3, 0.4) is 0 Å². The van der Waals surface area contributed by atoms with Gasteiger partial charge in [0.05, 0.1) is 11.8 Å². The fraction of sp³-hybridized carbons (Fsp3) is 0.393. The van der Waals surface area contributed by atoms with Gasteiger partial charge in [-0.15, -0.1) is 0 Å². The molecule has 0 radical (unpaired) electrons. The average molecular weight is 529 g/mol. The smallest absolute Gasteiger partial charge is 0.366 e. The predicted octanol–water partition coefficient (Wildman–Crippen LogP) is 5.84. The van der Waals surface area contributed by atoms with Gasteiger partial charge in [0.1, 0.15) is 5.76 Å². The summed E-state index contributed by atoms with van der Waals surface area (Å²) in [6.07, 6.45) is -2.56. The third-order valence-corrected chi connectivity index (χ3v) is 6.89.